The third kappa shape index (κ3) is 16.0. The van der Waals surface area contributed by atoms with E-state index in [2.05, 4.69) is 0 Å². The number of esters is 2. The van der Waals surface area contributed by atoms with Crippen LogP contribution < -0.4 is 0 Å². The fraction of sp³-hybridized carbons (Fsp3) is 0.780. The van der Waals surface area contributed by atoms with E-state index < -0.39 is 134 Å². The third-order valence-corrected chi connectivity index (χ3v) is 10.9. The number of aliphatic hydroxyl groups excluding tert-OH is 5. The fourth-order valence-electron chi connectivity index (χ4n) is 7.70. The van der Waals surface area contributed by atoms with Gasteiger partial charge in [0.05, 0.1) is 43.0 Å². The van der Waals surface area contributed by atoms with E-state index in [4.69, 9.17) is 53.6 Å². The van der Waals surface area contributed by atoms with Gasteiger partial charge in [0.15, 0.2) is 30.9 Å². The van der Waals surface area contributed by atoms with Gasteiger partial charge in [-0.3, -0.25) is 9.59 Å². The predicted octanol–water partition coefficient (Wildman–Crippen LogP) is -0.706. The first-order valence-electron chi connectivity index (χ1n) is 20.4. The number of hydrogen-bond donors (Lipinski definition) is 8. The van der Waals surface area contributed by atoms with Crippen LogP contribution in [0.15, 0.2) is 24.3 Å². The van der Waals surface area contributed by atoms with Gasteiger partial charge in [-0.1, -0.05) is 31.2 Å². The van der Waals surface area contributed by atoms with Gasteiger partial charge in [0, 0.05) is 33.3 Å². The molecule has 0 spiro atoms. The van der Waals surface area contributed by atoms with Crippen LogP contribution in [0.1, 0.15) is 73.6 Å². The zero-order valence-corrected chi connectivity index (χ0v) is 36.7. The zero-order chi connectivity index (χ0) is 47.2. The van der Waals surface area contributed by atoms with Gasteiger partial charge in [-0.15, -0.1) is 0 Å². The minimum absolute atomic E-state index is 0.0335. The molecule has 2 saturated heterocycles. The molecule has 0 bridgehead atoms. The van der Waals surface area contributed by atoms with Gasteiger partial charge in [0.25, 0.3) is 0 Å². The maximum atomic E-state index is 12.9. The Morgan fingerprint density at radius 2 is 1.56 bits per heavy atom. The molecule has 3 aliphatic rings. The summed E-state index contributed by atoms with van der Waals surface area (Å²) < 4.78 is 41.8. The summed E-state index contributed by atoms with van der Waals surface area (Å²) in [5.74, 6) is -5.77. The summed E-state index contributed by atoms with van der Waals surface area (Å²) in [6.07, 6.45) is -8.62. The van der Waals surface area contributed by atoms with Crippen LogP contribution in [0.3, 0.4) is 0 Å². The Morgan fingerprint density at radius 3 is 2.08 bits per heavy atom. The topological polar surface area (TPSA) is 315 Å². The van der Waals surface area contributed by atoms with E-state index in [1.165, 1.54) is 21.0 Å². The number of allylic oxidation sites excluding steroid dienone is 2. The Hall–Kier alpha value is -3.45. The number of aliphatic carboxylic acids is 2. The molecule has 0 amide bonds. The molecule has 8 N–H and O–H groups in total. The molecule has 21 heteroatoms. The lowest BCUT2D eigenvalue weighted by Gasteiger charge is -2.50. The van der Waals surface area contributed by atoms with Gasteiger partial charge in [0.2, 0.25) is 0 Å². The van der Waals surface area contributed by atoms with Crippen LogP contribution in [0.5, 0.6) is 0 Å². The molecular formula is C41H67NO20. The number of methoxy groups -OCH3 is 1. The van der Waals surface area contributed by atoms with Crippen molar-refractivity contribution in [2.24, 2.45) is 11.8 Å². The number of aldehydes is 1. The maximum Gasteiger partial charge on any atom is 0.335 e. The van der Waals surface area contributed by atoms with E-state index in [9.17, 15) is 44.4 Å². The highest BCUT2D eigenvalue weighted by Gasteiger charge is 2.52. The molecular weight excluding hydrogens is 826 g/mol. The minimum Gasteiger partial charge on any atom is -0.479 e. The second-order valence-corrected chi connectivity index (χ2v) is 16.5. The first-order chi connectivity index (χ1) is 28.9. The summed E-state index contributed by atoms with van der Waals surface area (Å²) in [4.78, 5) is 57.9. The number of aliphatic hydroxyl groups is 6. The number of likely N-dealkylation sites (N-methyl/N-ethyl adjacent to an activating group) is 1. The van der Waals surface area contributed by atoms with Crippen LogP contribution in [0, 0.1) is 11.8 Å². The van der Waals surface area contributed by atoms with Crippen molar-refractivity contribution in [1.29, 1.82) is 0 Å². The van der Waals surface area contributed by atoms with E-state index in [1.807, 2.05) is 13.0 Å². The number of carbonyl (C=O) groups excluding carboxylic acids is 3. The lowest BCUT2D eigenvalue weighted by atomic mass is 9.82. The molecule has 62 heavy (non-hydrogen) atoms. The average Bonchev–Trinajstić information content (AvgIpc) is 3.16. The third-order valence-electron chi connectivity index (χ3n) is 10.9. The predicted molar refractivity (Wildman–Crippen MR) is 214 cm³/mol. The maximum absolute atomic E-state index is 12.9. The molecule has 3 aliphatic heterocycles. The first kappa shape index (κ1) is 54.7. The number of cyclic esters (lactones) is 1. The molecule has 2 fully saturated rings. The minimum atomic E-state index is -2.27. The van der Waals surface area contributed by atoms with Gasteiger partial charge in [-0.05, 0) is 60.0 Å². The summed E-state index contributed by atoms with van der Waals surface area (Å²) in [7, 11) is 4.84. The van der Waals surface area contributed by atoms with Gasteiger partial charge >= 0.3 is 23.9 Å². The van der Waals surface area contributed by atoms with Gasteiger partial charge in [-0.25, -0.2) is 9.59 Å². The normalized spacial score (nSPS) is 39.5. The van der Waals surface area contributed by atoms with Crippen molar-refractivity contribution in [3.05, 3.63) is 24.3 Å². The Bertz CT molecular complexity index is 1490. The van der Waals surface area contributed by atoms with Gasteiger partial charge in [0.1, 0.15) is 36.3 Å². The Kier molecular flexibility index (Phi) is 22.2. The molecule has 0 aromatic carbocycles. The van der Waals surface area contributed by atoms with E-state index in [0.29, 0.717) is 12.7 Å². The van der Waals surface area contributed by atoms with E-state index in [0.717, 1.165) is 0 Å². The zero-order valence-electron chi connectivity index (χ0n) is 36.7. The van der Waals surface area contributed by atoms with E-state index in [1.54, 1.807) is 58.0 Å². The SMILES string of the molecule is CO[C@@H]1[C@@H](O[C@@H]2O[C@H](C)[C@@H](O[C@H]3C[C@@](C)(O)[C@@H](OC(C)=O)[C@H](C)O3)[C@H](N(C)C)[C@H]2O)[C@@H](CC=O)C[C@@H](C)[C@@H](O)/C=C/C=C/C[C@@H](C)OC(=O)C[C@H]1O.O=C(O)[C@H](O)[C@@H](O)C(=O)O. The summed E-state index contributed by atoms with van der Waals surface area (Å²) in [5.41, 5.74) is -1.47. The second kappa shape index (κ2) is 25.1. The molecule has 18 atom stereocenters. The van der Waals surface area contributed by atoms with E-state index >= 15 is 0 Å². The number of carboxylic acid groups (broad SMARTS) is 2. The van der Waals surface area contributed by atoms with Crippen LogP contribution in [-0.2, 0) is 57.1 Å². The van der Waals surface area contributed by atoms with Crippen LogP contribution in [0.4, 0.5) is 0 Å². The van der Waals surface area contributed by atoms with Crippen LogP contribution in [-0.4, -0.2) is 195 Å². The number of nitrogens with zero attached hydrogens (tertiary/aromatic N) is 1. The summed E-state index contributed by atoms with van der Waals surface area (Å²) in [6.45, 7) is 9.74. The molecule has 0 unspecified atom stereocenters. The van der Waals surface area contributed by atoms with E-state index in [-0.39, 0.29) is 25.2 Å². The van der Waals surface area contributed by atoms with Crippen molar-refractivity contribution >= 4 is 30.2 Å². The average molecular weight is 894 g/mol. The highest BCUT2D eigenvalue weighted by molar-refractivity contribution is 5.83. The number of carbonyl (C=O) groups is 5. The monoisotopic (exact) mass is 893 g/mol. The number of carboxylic acids is 2. The van der Waals surface area contributed by atoms with Crippen molar-refractivity contribution in [1.82, 2.24) is 4.90 Å². The highest BCUT2D eigenvalue weighted by Crippen LogP contribution is 2.37. The number of ether oxygens (including phenoxy) is 7. The molecule has 0 aromatic heterocycles. The van der Waals surface area contributed by atoms with Crippen LogP contribution in [0.2, 0.25) is 0 Å². The smallest absolute Gasteiger partial charge is 0.335 e. The number of hydrogen-bond acceptors (Lipinski definition) is 19. The highest BCUT2D eigenvalue weighted by atomic mass is 16.7. The van der Waals surface area contributed by atoms with Crippen LogP contribution >= 0.6 is 0 Å². The van der Waals surface area contributed by atoms with Crippen molar-refractivity contribution < 1.29 is 98.0 Å². The molecule has 3 heterocycles. The van der Waals surface area contributed by atoms with Crippen molar-refractivity contribution in [2.45, 2.75) is 171 Å². The second-order valence-electron chi connectivity index (χ2n) is 16.5. The van der Waals surface area contributed by atoms with Gasteiger partial charge < -0.3 is 83.7 Å². The largest absolute Gasteiger partial charge is 0.479 e. The molecule has 3 rings (SSSR count). The Morgan fingerprint density at radius 1 is 0.952 bits per heavy atom. The summed E-state index contributed by atoms with van der Waals surface area (Å²) in [6, 6.07) is -0.749. The van der Waals surface area contributed by atoms with Crippen molar-refractivity contribution in [3.63, 3.8) is 0 Å². The fourth-order valence-corrected chi connectivity index (χ4v) is 7.70. The molecule has 356 valence electrons. The molecule has 0 radical (unpaired) electrons. The first-order valence-corrected chi connectivity index (χ1v) is 20.4. The summed E-state index contributed by atoms with van der Waals surface area (Å²) >= 11 is 0. The Balaban J connectivity index is 0.00000117. The molecule has 21 nitrogen and oxygen atoms in total. The lowest BCUT2D eigenvalue weighted by molar-refractivity contribution is -0.344. The molecule has 0 aromatic rings. The van der Waals surface area contributed by atoms with Crippen LogP contribution in [0.25, 0.3) is 0 Å². The number of rotatable bonds is 12. The summed E-state index contributed by atoms with van der Waals surface area (Å²) in [5, 5.41) is 77.9. The van der Waals surface area contributed by atoms with Crippen molar-refractivity contribution in [2.75, 3.05) is 21.2 Å². The van der Waals surface area contributed by atoms with Crippen molar-refractivity contribution in [3.8, 4) is 0 Å². The quantitative estimate of drug-likeness (QED) is 0.0887. The Labute approximate surface area is 361 Å². The standard InChI is InChI=1S/C37H61NO14.C4H6O6/c1-20-17-25(15-16-39)33(34(46-9)27(42)18-28(43)47-21(2)13-11-10-12-14-26(20)41)52-36-31(44)30(38(7)8)32(22(3)49-36)51-29-19-37(6,45)35(23(4)48-29)50-24(5)40;5-1(3(7)8)2(6)4(9)10/h10-12,14,16,20-23,25-27,29-36,41-42,44-45H,13,15,17-19H2,1-9H3;1-2,5-6H,(H,7,8)(H,9,10)/b11-10+,14-12+;/t20-,21-,22-,23+,25+,26+,27-,29+,30-,31-,32-,33+,34+,35+,36+,37-;1-,2-/m11/s1. The lowest BCUT2D eigenvalue weighted by Crippen LogP contribution is -2.66. The molecule has 0 aliphatic carbocycles. The van der Waals surface area contributed by atoms with Gasteiger partial charge in [-0.2, -0.15) is 0 Å². The molecule has 0 saturated carbocycles.